The summed E-state index contributed by atoms with van der Waals surface area (Å²) >= 11 is 0. The van der Waals surface area contributed by atoms with Crippen LogP contribution in [-0.2, 0) is 15.0 Å². The van der Waals surface area contributed by atoms with Gasteiger partial charge in [-0.05, 0) is 29.9 Å². The minimum absolute atomic E-state index is 0.102. The maximum absolute atomic E-state index is 12.1. The van der Waals surface area contributed by atoms with E-state index in [9.17, 15) is 14.7 Å². The number of aliphatic hydroxyl groups is 1. The van der Waals surface area contributed by atoms with E-state index in [2.05, 4.69) is 31.2 Å². The first-order chi connectivity index (χ1) is 12.7. The van der Waals surface area contributed by atoms with Crippen LogP contribution in [0.2, 0.25) is 0 Å². The van der Waals surface area contributed by atoms with E-state index >= 15 is 0 Å². The van der Waals surface area contributed by atoms with Crippen molar-refractivity contribution in [3.05, 3.63) is 35.4 Å². The number of β-lactam (4-membered cyclic amide) rings is 1. The average molecular weight is 376 g/mol. The number of hydrogen-bond acceptors (Lipinski definition) is 3. The molecule has 150 valence electrons. The third-order valence-corrected chi connectivity index (χ3v) is 5.63. The average Bonchev–Trinajstić information content (AvgIpc) is 2.63. The second-order valence-corrected chi connectivity index (χ2v) is 8.53. The van der Waals surface area contributed by atoms with Gasteiger partial charge >= 0.3 is 5.97 Å². The molecule has 1 aromatic carbocycles. The summed E-state index contributed by atoms with van der Waals surface area (Å²) in [6.45, 7) is 7.04. The molecule has 1 amide bonds. The van der Waals surface area contributed by atoms with Gasteiger partial charge in [-0.15, -0.1) is 0 Å². The molecule has 5 heteroatoms. The number of carboxylic acid groups (broad SMARTS) is 1. The van der Waals surface area contributed by atoms with Gasteiger partial charge in [-0.3, -0.25) is 9.59 Å². The van der Waals surface area contributed by atoms with E-state index in [4.69, 9.17) is 5.11 Å². The maximum atomic E-state index is 12.1. The highest BCUT2D eigenvalue weighted by Crippen LogP contribution is 2.36. The van der Waals surface area contributed by atoms with Crippen LogP contribution in [0, 0.1) is 5.92 Å². The molecule has 1 saturated heterocycles. The van der Waals surface area contributed by atoms with Crippen LogP contribution in [0.4, 0.5) is 0 Å². The fourth-order valence-electron chi connectivity index (χ4n) is 3.60. The number of rotatable bonds is 11. The molecule has 1 heterocycles. The molecule has 1 aromatic rings. The largest absolute Gasteiger partial charge is 0.481 e. The van der Waals surface area contributed by atoms with Gasteiger partial charge in [0.15, 0.2) is 0 Å². The highest BCUT2D eigenvalue weighted by Gasteiger charge is 2.37. The minimum atomic E-state index is -0.731. The number of carbonyl (C=O) groups is 2. The van der Waals surface area contributed by atoms with E-state index in [0.717, 1.165) is 43.4 Å². The van der Waals surface area contributed by atoms with Crippen LogP contribution in [-0.4, -0.2) is 40.1 Å². The second kappa shape index (κ2) is 9.36. The van der Waals surface area contributed by atoms with Crippen molar-refractivity contribution in [3.63, 3.8) is 0 Å². The number of nitrogens with zero attached hydrogens (tertiary/aromatic N) is 1. The van der Waals surface area contributed by atoms with Gasteiger partial charge in [0, 0.05) is 18.4 Å². The molecule has 1 aliphatic rings. The number of carboxylic acids is 1. The molecule has 2 rings (SSSR count). The first-order valence-corrected chi connectivity index (χ1v) is 9.97. The van der Waals surface area contributed by atoms with Gasteiger partial charge < -0.3 is 15.1 Å². The van der Waals surface area contributed by atoms with Gasteiger partial charge in [-0.25, -0.2) is 0 Å². The van der Waals surface area contributed by atoms with Gasteiger partial charge in [0.2, 0.25) is 5.91 Å². The van der Waals surface area contributed by atoms with E-state index in [1.807, 2.05) is 18.7 Å². The number of unbranched alkanes of at least 4 members (excludes halogenated alkanes) is 2. The lowest BCUT2D eigenvalue weighted by molar-refractivity contribution is -0.147. The fourth-order valence-corrected chi connectivity index (χ4v) is 3.60. The molecule has 5 nitrogen and oxygen atoms in total. The molecule has 0 aliphatic carbocycles. The van der Waals surface area contributed by atoms with Crippen molar-refractivity contribution in [2.45, 2.75) is 70.8 Å². The minimum Gasteiger partial charge on any atom is -0.481 e. The van der Waals surface area contributed by atoms with Crippen molar-refractivity contribution in [2.75, 3.05) is 13.2 Å². The topological polar surface area (TPSA) is 77.8 Å². The lowest BCUT2D eigenvalue weighted by Gasteiger charge is -2.42. The number of aliphatic hydroxyl groups excluding tert-OH is 1. The Hall–Kier alpha value is -1.88. The molecule has 0 radical (unpaired) electrons. The van der Waals surface area contributed by atoms with Gasteiger partial charge in [0.05, 0.1) is 19.1 Å². The zero-order chi connectivity index (χ0) is 20.0. The summed E-state index contributed by atoms with van der Waals surface area (Å²) in [5.74, 6) is -0.114. The van der Waals surface area contributed by atoms with Crippen LogP contribution in [0.5, 0.6) is 0 Å². The van der Waals surface area contributed by atoms with Gasteiger partial charge in [0.1, 0.15) is 0 Å². The van der Waals surface area contributed by atoms with Gasteiger partial charge in [0.25, 0.3) is 0 Å². The summed E-state index contributed by atoms with van der Waals surface area (Å²) in [4.78, 5) is 24.6. The Morgan fingerprint density at radius 2 is 1.89 bits per heavy atom. The molecule has 1 fully saturated rings. The lowest BCUT2D eigenvalue weighted by Crippen LogP contribution is -2.48. The molecular formula is C22H33NO4. The third-order valence-electron chi connectivity index (χ3n) is 5.63. The van der Waals surface area contributed by atoms with Crippen molar-refractivity contribution in [2.24, 2.45) is 5.92 Å². The summed E-state index contributed by atoms with van der Waals surface area (Å²) in [5, 5.41) is 18.2. The Kier molecular flexibility index (Phi) is 7.42. The predicted molar refractivity (Wildman–Crippen MR) is 106 cm³/mol. The standard InChI is InChI=1S/C22H33NO4/c1-16(7-5-4-6-8-21(26)27)14-23-19(13-20(23)25)17-9-11-18(12-10-17)22(2,3)15-24/h9-12,16,19,24H,4-8,13-15H2,1-3H3,(H,26,27)/t16-,19-/m1/s1. The predicted octanol–water partition coefficient (Wildman–Crippen LogP) is 3.90. The number of carbonyl (C=O) groups excluding carboxylic acids is 1. The molecular weight excluding hydrogens is 342 g/mol. The van der Waals surface area contributed by atoms with Crippen LogP contribution in [0.1, 0.15) is 76.5 Å². The maximum Gasteiger partial charge on any atom is 0.303 e. The molecule has 2 N–H and O–H groups in total. The SMILES string of the molecule is C[C@H](CCCCCC(=O)O)CN1C(=O)C[C@@H]1c1ccc(C(C)(C)CO)cc1. The van der Waals surface area contributed by atoms with Crippen molar-refractivity contribution >= 4 is 11.9 Å². The van der Waals surface area contributed by atoms with Crippen LogP contribution >= 0.6 is 0 Å². The first kappa shape index (κ1) is 21.4. The molecule has 0 unspecified atom stereocenters. The van der Waals surface area contributed by atoms with Crippen molar-refractivity contribution in [1.82, 2.24) is 4.90 Å². The number of hydrogen-bond donors (Lipinski definition) is 2. The Morgan fingerprint density at radius 1 is 1.22 bits per heavy atom. The zero-order valence-corrected chi connectivity index (χ0v) is 16.8. The summed E-state index contributed by atoms with van der Waals surface area (Å²) in [6.07, 6.45) is 4.48. The Balaban J connectivity index is 1.85. The summed E-state index contributed by atoms with van der Waals surface area (Å²) in [6, 6.07) is 8.41. The number of aliphatic carboxylic acids is 1. The van der Waals surface area contributed by atoms with E-state index in [1.165, 1.54) is 0 Å². The summed E-state index contributed by atoms with van der Waals surface area (Å²) < 4.78 is 0. The lowest BCUT2D eigenvalue weighted by atomic mass is 9.83. The van der Waals surface area contributed by atoms with E-state index < -0.39 is 5.97 Å². The van der Waals surface area contributed by atoms with Crippen LogP contribution in [0.3, 0.4) is 0 Å². The number of benzene rings is 1. The fraction of sp³-hybridized carbons (Fsp3) is 0.636. The Bertz CT molecular complexity index is 638. The molecule has 0 spiro atoms. The monoisotopic (exact) mass is 375 g/mol. The van der Waals surface area contributed by atoms with Crippen molar-refractivity contribution < 1.29 is 19.8 Å². The number of likely N-dealkylation sites (tertiary alicyclic amines) is 1. The van der Waals surface area contributed by atoms with E-state index in [-0.39, 0.29) is 30.4 Å². The summed E-state index contributed by atoms with van der Waals surface area (Å²) in [7, 11) is 0. The van der Waals surface area contributed by atoms with Crippen LogP contribution in [0.25, 0.3) is 0 Å². The third kappa shape index (κ3) is 5.80. The van der Waals surface area contributed by atoms with Crippen molar-refractivity contribution in [3.8, 4) is 0 Å². The molecule has 0 bridgehead atoms. The molecule has 0 saturated carbocycles. The highest BCUT2D eigenvalue weighted by atomic mass is 16.4. The molecule has 0 aromatic heterocycles. The number of amides is 1. The van der Waals surface area contributed by atoms with Crippen molar-refractivity contribution in [1.29, 1.82) is 0 Å². The first-order valence-electron chi connectivity index (χ1n) is 9.97. The van der Waals surface area contributed by atoms with E-state index in [0.29, 0.717) is 12.3 Å². The smallest absolute Gasteiger partial charge is 0.303 e. The van der Waals surface area contributed by atoms with E-state index in [1.54, 1.807) is 0 Å². The Labute approximate surface area is 162 Å². The normalized spacial score (nSPS) is 18.3. The second-order valence-electron chi connectivity index (χ2n) is 8.53. The highest BCUT2D eigenvalue weighted by molar-refractivity contribution is 5.83. The van der Waals surface area contributed by atoms with Gasteiger partial charge in [-0.2, -0.15) is 0 Å². The van der Waals surface area contributed by atoms with Crippen LogP contribution < -0.4 is 0 Å². The quantitative estimate of drug-likeness (QED) is 0.454. The Morgan fingerprint density at radius 3 is 2.44 bits per heavy atom. The molecule has 2 atom stereocenters. The van der Waals surface area contributed by atoms with Crippen LogP contribution in [0.15, 0.2) is 24.3 Å². The molecule has 27 heavy (non-hydrogen) atoms. The summed E-state index contributed by atoms with van der Waals surface area (Å²) in [5.41, 5.74) is 1.99. The van der Waals surface area contributed by atoms with Gasteiger partial charge in [-0.1, -0.05) is 57.9 Å². The molecule has 1 aliphatic heterocycles. The zero-order valence-electron chi connectivity index (χ0n) is 16.8.